The lowest BCUT2D eigenvalue weighted by atomic mass is 10.1. The summed E-state index contributed by atoms with van der Waals surface area (Å²) in [4.78, 5) is 32.0. The van der Waals surface area contributed by atoms with E-state index in [4.69, 9.17) is 9.47 Å². The van der Waals surface area contributed by atoms with Crippen molar-refractivity contribution in [2.75, 3.05) is 43.6 Å². The van der Waals surface area contributed by atoms with Crippen molar-refractivity contribution in [2.24, 2.45) is 0 Å². The summed E-state index contributed by atoms with van der Waals surface area (Å²) >= 11 is 0. The number of methoxy groups -OCH3 is 1. The van der Waals surface area contributed by atoms with Crippen LogP contribution < -0.4 is 15.8 Å². The monoisotopic (exact) mass is 414 g/mol. The predicted molar refractivity (Wildman–Crippen MR) is 116 cm³/mol. The zero-order chi connectivity index (χ0) is 21.3. The van der Waals surface area contributed by atoms with Crippen LogP contribution >= 0.6 is 0 Å². The fourth-order valence-electron chi connectivity index (χ4n) is 3.40. The number of carbonyl (C=O) groups excluding carboxylic acids is 1. The molecule has 1 aliphatic rings. The van der Waals surface area contributed by atoms with Gasteiger partial charge in [0.15, 0.2) is 0 Å². The van der Waals surface area contributed by atoms with Crippen LogP contribution in [0.3, 0.4) is 0 Å². The highest BCUT2D eigenvalue weighted by Crippen LogP contribution is 2.15. The summed E-state index contributed by atoms with van der Waals surface area (Å²) in [6.07, 6.45) is 3.32. The molecule has 30 heavy (non-hydrogen) atoms. The maximum atomic E-state index is 12.7. The number of nitrogens with zero attached hydrogens (tertiary/aromatic N) is 3. The maximum absolute atomic E-state index is 12.7. The number of unbranched alkanes of at least 4 members (excludes halogenated alkanes) is 1. The average Bonchev–Trinajstić information content (AvgIpc) is 2.76. The number of anilines is 2. The molecule has 1 N–H and O–H groups in total. The standard InChI is InChI=1S/C22H30N4O4/c1-3-4-5-17-6-8-18(9-7-17)23-20(27)15-26-21(28)14-19(16-29-2)24-22(26)25-10-12-30-13-11-25/h6-9,14H,3-5,10-13,15-16H2,1-2H3,(H,23,27). The van der Waals surface area contributed by atoms with Gasteiger partial charge in [0.2, 0.25) is 11.9 Å². The van der Waals surface area contributed by atoms with Crippen LogP contribution in [0.4, 0.5) is 11.6 Å². The second kappa shape index (κ2) is 10.9. The van der Waals surface area contributed by atoms with E-state index in [1.165, 1.54) is 16.2 Å². The highest BCUT2D eigenvalue weighted by atomic mass is 16.5. The van der Waals surface area contributed by atoms with Gasteiger partial charge in [0, 0.05) is 32.0 Å². The third-order valence-electron chi connectivity index (χ3n) is 4.99. The number of hydrogen-bond acceptors (Lipinski definition) is 6. The first-order chi connectivity index (χ1) is 14.6. The molecule has 0 bridgehead atoms. The van der Waals surface area contributed by atoms with Gasteiger partial charge in [-0.1, -0.05) is 25.5 Å². The number of nitrogens with one attached hydrogen (secondary N) is 1. The number of amides is 1. The first-order valence-corrected chi connectivity index (χ1v) is 10.4. The molecule has 0 unspecified atom stereocenters. The van der Waals surface area contributed by atoms with Crippen molar-refractivity contribution in [2.45, 2.75) is 39.3 Å². The number of ether oxygens (including phenoxy) is 2. The molecule has 3 rings (SSSR count). The van der Waals surface area contributed by atoms with Crippen molar-refractivity contribution in [3.8, 4) is 0 Å². The Morgan fingerprint density at radius 2 is 1.97 bits per heavy atom. The van der Waals surface area contributed by atoms with E-state index in [1.54, 1.807) is 7.11 Å². The van der Waals surface area contributed by atoms with Gasteiger partial charge in [-0.15, -0.1) is 0 Å². The lowest BCUT2D eigenvalue weighted by molar-refractivity contribution is -0.116. The first kappa shape index (κ1) is 22.0. The molecule has 8 nitrogen and oxygen atoms in total. The molecule has 0 saturated carbocycles. The highest BCUT2D eigenvalue weighted by molar-refractivity contribution is 5.90. The summed E-state index contributed by atoms with van der Waals surface area (Å²) in [7, 11) is 1.56. The van der Waals surface area contributed by atoms with Gasteiger partial charge < -0.3 is 19.7 Å². The normalized spacial score (nSPS) is 14.0. The van der Waals surface area contributed by atoms with E-state index in [0.29, 0.717) is 43.6 Å². The van der Waals surface area contributed by atoms with Crippen LogP contribution in [0, 0.1) is 0 Å². The Kier molecular flexibility index (Phi) is 7.98. The van der Waals surface area contributed by atoms with Crippen LogP contribution in [0.5, 0.6) is 0 Å². The summed E-state index contributed by atoms with van der Waals surface area (Å²) < 4.78 is 11.9. The van der Waals surface area contributed by atoms with Crippen molar-refractivity contribution in [1.82, 2.24) is 9.55 Å². The fraction of sp³-hybridized carbons (Fsp3) is 0.500. The highest BCUT2D eigenvalue weighted by Gasteiger charge is 2.20. The number of hydrogen-bond donors (Lipinski definition) is 1. The Bertz CT molecular complexity index is 889. The van der Waals surface area contributed by atoms with Gasteiger partial charge >= 0.3 is 0 Å². The van der Waals surface area contributed by atoms with E-state index < -0.39 is 0 Å². The molecule has 0 aliphatic carbocycles. The Labute approximate surface area is 176 Å². The van der Waals surface area contributed by atoms with Gasteiger partial charge in [0.1, 0.15) is 6.54 Å². The van der Waals surface area contributed by atoms with Crippen LogP contribution in [-0.4, -0.2) is 48.9 Å². The molecule has 1 saturated heterocycles. The SMILES string of the molecule is CCCCc1ccc(NC(=O)Cn2c(N3CCOCC3)nc(COC)cc2=O)cc1. The summed E-state index contributed by atoms with van der Waals surface area (Å²) in [6.45, 7) is 4.64. The molecule has 2 heterocycles. The van der Waals surface area contributed by atoms with Crippen LogP contribution in [0.25, 0.3) is 0 Å². The van der Waals surface area contributed by atoms with Crippen molar-refractivity contribution >= 4 is 17.5 Å². The largest absolute Gasteiger partial charge is 0.378 e. The number of benzene rings is 1. The van der Waals surface area contributed by atoms with E-state index in [9.17, 15) is 9.59 Å². The number of morpholine rings is 1. The third kappa shape index (κ3) is 5.90. The van der Waals surface area contributed by atoms with Crippen LogP contribution in [0.15, 0.2) is 35.1 Å². The zero-order valence-corrected chi connectivity index (χ0v) is 17.7. The first-order valence-electron chi connectivity index (χ1n) is 10.4. The van der Waals surface area contributed by atoms with Crippen molar-refractivity contribution < 1.29 is 14.3 Å². The lowest BCUT2D eigenvalue weighted by Gasteiger charge is -2.29. The molecule has 162 valence electrons. The molecular weight excluding hydrogens is 384 g/mol. The second-order valence-electron chi connectivity index (χ2n) is 7.35. The number of aryl methyl sites for hydroxylation is 1. The molecule has 0 spiro atoms. The molecule has 2 aromatic rings. The van der Waals surface area contributed by atoms with Gasteiger partial charge in [0.05, 0.1) is 25.5 Å². The minimum Gasteiger partial charge on any atom is -0.378 e. The Morgan fingerprint density at radius 1 is 1.23 bits per heavy atom. The summed E-state index contributed by atoms with van der Waals surface area (Å²) in [5.74, 6) is 0.206. The Morgan fingerprint density at radius 3 is 2.63 bits per heavy atom. The van der Waals surface area contributed by atoms with Gasteiger partial charge in [0.25, 0.3) is 5.56 Å². The molecular formula is C22H30N4O4. The number of rotatable bonds is 9. The number of carbonyl (C=O) groups is 1. The van der Waals surface area contributed by atoms with Gasteiger partial charge in [-0.25, -0.2) is 4.98 Å². The molecule has 1 aromatic carbocycles. The van der Waals surface area contributed by atoms with E-state index in [1.807, 2.05) is 29.2 Å². The molecule has 1 aromatic heterocycles. The van der Waals surface area contributed by atoms with E-state index in [0.717, 1.165) is 19.3 Å². The van der Waals surface area contributed by atoms with Crippen molar-refractivity contribution in [1.29, 1.82) is 0 Å². The summed E-state index contributed by atoms with van der Waals surface area (Å²) in [6, 6.07) is 9.27. The molecule has 1 amide bonds. The Hall–Kier alpha value is -2.71. The molecule has 1 fully saturated rings. The van der Waals surface area contributed by atoms with Gasteiger partial charge in [-0.05, 0) is 30.5 Å². The Balaban J connectivity index is 1.75. The van der Waals surface area contributed by atoms with Crippen molar-refractivity contribution in [3.05, 3.63) is 51.9 Å². The maximum Gasteiger partial charge on any atom is 0.255 e. The minimum atomic E-state index is -0.274. The number of aromatic nitrogens is 2. The third-order valence-corrected chi connectivity index (χ3v) is 4.99. The predicted octanol–water partition coefficient (Wildman–Crippen LogP) is 2.21. The van der Waals surface area contributed by atoms with Crippen LogP contribution in [0.2, 0.25) is 0 Å². The fourth-order valence-corrected chi connectivity index (χ4v) is 3.40. The average molecular weight is 415 g/mol. The second-order valence-corrected chi connectivity index (χ2v) is 7.35. The lowest BCUT2D eigenvalue weighted by Crippen LogP contribution is -2.42. The summed E-state index contributed by atoms with van der Waals surface area (Å²) in [5.41, 5.74) is 2.23. The van der Waals surface area contributed by atoms with E-state index in [2.05, 4.69) is 17.2 Å². The molecule has 1 aliphatic heterocycles. The van der Waals surface area contributed by atoms with Gasteiger partial charge in [-0.3, -0.25) is 14.2 Å². The van der Waals surface area contributed by atoms with Crippen molar-refractivity contribution in [3.63, 3.8) is 0 Å². The molecule has 8 heteroatoms. The molecule has 0 radical (unpaired) electrons. The van der Waals surface area contributed by atoms with Crippen LogP contribution in [-0.2, 0) is 33.8 Å². The molecule has 0 atom stereocenters. The van der Waals surface area contributed by atoms with E-state index >= 15 is 0 Å². The summed E-state index contributed by atoms with van der Waals surface area (Å²) in [5, 5.41) is 2.88. The topological polar surface area (TPSA) is 85.7 Å². The quantitative estimate of drug-likeness (QED) is 0.677. The zero-order valence-electron chi connectivity index (χ0n) is 17.7. The van der Waals surface area contributed by atoms with Gasteiger partial charge in [-0.2, -0.15) is 0 Å². The van der Waals surface area contributed by atoms with E-state index in [-0.39, 0.29) is 24.6 Å². The van der Waals surface area contributed by atoms with Crippen LogP contribution in [0.1, 0.15) is 31.0 Å². The smallest absolute Gasteiger partial charge is 0.255 e. The minimum absolute atomic E-state index is 0.108.